The smallest absolute Gasteiger partial charge is 0.417 e. The van der Waals surface area contributed by atoms with Crippen LogP contribution in [0.4, 0.5) is 32.2 Å². The van der Waals surface area contributed by atoms with Gasteiger partial charge in [-0.2, -0.15) is 44.2 Å². The molecule has 13 heteroatoms. The summed E-state index contributed by atoms with van der Waals surface area (Å²) in [6, 6.07) is 7.37. The molecule has 39 heavy (non-hydrogen) atoms. The summed E-state index contributed by atoms with van der Waals surface area (Å²) in [5.74, 6) is 0.594. The predicted octanol–water partition coefficient (Wildman–Crippen LogP) is 5.78. The molecule has 1 aromatic heterocycles. The molecule has 2 heterocycles. The van der Waals surface area contributed by atoms with Crippen molar-refractivity contribution < 1.29 is 35.8 Å². The molecule has 1 aromatic carbocycles. The fourth-order valence-corrected chi connectivity index (χ4v) is 5.07. The summed E-state index contributed by atoms with van der Waals surface area (Å²) in [5, 5.41) is 8.78. The molecule has 0 bridgehead atoms. The molecule has 4 rings (SSSR count). The van der Waals surface area contributed by atoms with E-state index in [0.29, 0.717) is 64.3 Å². The van der Waals surface area contributed by atoms with Gasteiger partial charge in [-0.25, -0.2) is 4.98 Å². The van der Waals surface area contributed by atoms with E-state index in [1.165, 1.54) is 12.1 Å². The third kappa shape index (κ3) is 7.70. The van der Waals surface area contributed by atoms with Gasteiger partial charge in [-0.15, -0.1) is 0 Å². The lowest BCUT2D eigenvalue weighted by Gasteiger charge is -2.38. The largest absolute Gasteiger partial charge is 0.490 e. The van der Waals surface area contributed by atoms with E-state index < -0.39 is 29.0 Å². The number of hydrogen-bond donors (Lipinski definition) is 1. The van der Waals surface area contributed by atoms with Crippen molar-refractivity contribution in [1.29, 1.82) is 5.26 Å². The average molecular weight is 575 g/mol. The molecule has 1 atom stereocenters. The van der Waals surface area contributed by atoms with Crippen LogP contribution in [-0.2, 0) is 17.1 Å². The summed E-state index contributed by atoms with van der Waals surface area (Å²) in [6.07, 6.45) is -5.80. The second-order valence-electron chi connectivity index (χ2n) is 9.57. The Morgan fingerprint density at radius 2 is 1.62 bits per heavy atom. The number of halogens is 6. The van der Waals surface area contributed by atoms with E-state index in [2.05, 4.69) is 22.5 Å². The summed E-state index contributed by atoms with van der Waals surface area (Å²) >= 11 is 4.67. The van der Waals surface area contributed by atoms with Gasteiger partial charge < -0.3 is 14.4 Å². The van der Waals surface area contributed by atoms with Crippen LogP contribution >= 0.6 is 12.6 Å². The van der Waals surface area contributed by atoms with Gasteiger partial charge in [-0.05, 0) is 56.0 Å². The standard InChI is InChI=1S/C26H28F6N4O2S/c27-25(28,29)18-2-8-23(34-15-18)35-9-11-36(12-10-35)24(39)16-37-19-4-6-20(7-5-19)38-21-3-1-17(14-33)22(13-21)26(30,31)32/h1-3,8,13,15,19-20,24,39H,4-7,9-12,16H2. The van der Waals surface area contributed by atoms with Gasteiger partial charge in [0.1, 0.15) is 11.6 Å². The van der Waals surface area contributed by atoms with Gasteiger partial charge in [0, 0.05) is 32.4 Å². The first kappa shape index (κ1) is 29.3. The number of piperazine rings is 1. The minimum absolute atomic E-state index is 0.0103. The van der Waals surface area contributed by atoms with E-state index in [1.54, 1.807) is 6.07 Å². The zero-order chi connectivity index (χ0) is 28.2. The van der Waals surface area contributed by atoms with E-state index in [4.69, 9.17) is 14.7 Å². The van der Waals surface area contributed by atoms with Crippen LogP contribution in [0.5, 0.6) is 5.75 Å². The number of thiol groups is 1. The molecule has 1 aliphatic heterocycles. The summed E-state index contributed by atoms with van der Waals surface area (Å²) in [5.41, 5.74) is -2.22. The third-order valence-corrected chi connectivity index (χ3v) is 7.43. The molecule has 0 spiro atoms. The number of ether oxygens (including phenoxy) is 2. The molecule has 1 saturated heterocycles. The van der Waals surface area contributed by atoms with Crippen LogP contribution in [0.2, 0.25) is 0 Å². The molecular weight excluding hydrogens is 546 g/mol. The Kier molecular flexibility index (Phi) is 9.18. The molecule has 2 aliphatic rings. The zero-order valence-corrected chi connectivity index (χ0v) is 21.8. The molecule has 1 aliphatic carbocycles. The monoisotopic (exact) mass is 574 g/mol. The first-order valence-electron chi connectivity index (χ1n) is 12.5. The van der Waals surface area contributed by atoms with Gasteiger partial charge in [-0.3, -0.25) is 4.90 Å². The molecule has 212 valence electrons. The summed E-state index contributed by atoms with van der Waals surface area (Å²) < 4.78 is 89.7. The zero-order valence-electron chi connectivity index (χ0n) is 20.9. The highest BCUT2D eigenvalue weighted by atomic mass is 32.1. The maximum Gasteiger partial charge on any atom is 0.417 e. The van der Waals surface area contributed by atoms with Crippen LogP contribution in [-0.4, -0.2) is 60.3 Å². The Morgan fingerprint density at radius 3 is 2.18 bits per heavy atom. The van der Waals surface area contributed by atoms with Gasteiger partial charge in [0.25, 0.3) is 0 Å². The molecule has 0 radical (unpaired) electrons. The Hall–Kier alpha value is -2.69. The number of hydrogen-bond acceptors (Lipinski definition) is 7. The lowest BCUT2D eigenvalue weighted by atomic mass is 9.95. The van der Waals surface area contributed by atoms with E-state index in [1.807, 2.05) is 4.90 Å². The first-order chi connectivity index (χ1) is 18.4. The van der Waals surface area contributed by atoms with Gasteiger partial charge in [0.2, 0.25) is 0 Å². The van der Waals surface area contributed by atoms with Crippen LogP contribution in [0.3, 0.4) is 0 Å². The van der Waals surface area contributed by atoms with Crippen molar-refractivity contribution in [3.05, 3.63) is 53.2 Å². The summed E-state index contributed by atoms with van der Waals surface area (Å²) in [7, 11) is 0. The lowest BCUT2D eigenvalue weighted by molar-refractivity contribution is -0.138. The van der Waals surface area contributed by atoms with Gasteiger partial charge in [0.05, 0.1) is 46.9 Å². The molecule has 1 unspecified atom stereocenters. The number of pyridine rings is 1. The highest BCUT2D eigenvalue weighted by Crippen LogP contribution is 2.35. The molecule has 1 saturated carbocycles. The second kappa shape index (κ2) is 12.2. The lowest BCUT2D eigenvalue weighted by Crippen LogP contribution is -2.50. The Morgan fingerprint density at radius 1 is 0.949 bits per heavy atom. The van der Waals surface area contributed by atoms with Crippen molar-refractivity contribution in [2.24, 2.45) is 0 Å². The summed E-state index contributed by atoms with van der Waals surface area (Å²) in [6.45, 7) is 2.91. The number of aromatic nitrogens is 1. The number of alkyl halides is 6. The van der Waals surface area contributed by atoms with E-state index in [9.17, 15) is 26.3 Å². The maximum absolute atomic E-state index is 13.2. The molecule has 0 amide bonds. The van der Waals surface area contributed by atoms with Crippen LogP contribution < -0.4 is 9.64 Å². The van der Waals surface area contributed by atoms with E-state index >= 15 is 0 Å². The number of nitriles is 1. The minimum Gasteiger partial charge on any atom is -0.490 e. The van der Waals surface area contributed by atoms with Gasteiger partial charge in [-0.1, -0.05) is 0 Å². The van der Waals surface area contributed by atoms with Crippen molar-refractivity contribution in [3.63, 3.8) is 0 Å². The Balaban J connectivity index is 1.18. The SMILES string of the molecule is N#Cc1ccc(OC2CCC(OCC(S)N3CCN(c4ccc(C(F)(F)F)cn4)CC3)CC2)cc1C(F)(F)F. The van der Waals surface area contributed by atoms with Crippen molar-refractivity contribution in [3.8, 4) is 11.8 Å². The molecule has 2 fully saturated rings. The van der Waals surface area contributed by atoms with Crippen LogP contribution in [0, 0.1) is 11.3 Å². The fraction of sp³-hybridized carbons (Fsp3) is 0.538. The number of benzene rings is 1. The minimum atomic E-state index is -4.63. The van der Waals surface area contributed by atoms with Crippen molar-refractivity contribution in [2.75, 3.05) is 37.7 Å². The second-order valence-corrected chi connectivity index (χ2v) is 10.2. The Bertz CT molecular complexity index is 1140. The summed E-state index contributed by atoms with van der Waals surface area (Å²) in [4.78, 5) is 8.04. The first-order valence-corrected chi connectivity index (χ1v) is 13.1. The molecule has 2 aromatic rings. The molecule has 0 N–H and O–H groups in total. The van der Waals surface area contributed by atoms with Crippen LogP contribution in [0.1, 0.15) is 42.4 Å². The molecular formula is C26H28F6N4O2S. The highest BCUT2D eigenvalue weighted by molar-refractivity contribution is 7.80. The van der Waals surface area contributed by atoms with Gasteiger partial charge >= 0.3 is 12.4 Å². The van der Waals surface area contributed by atoms with Gasteiger partial charge in [0.15, 0.2) is 0 Å². The average Bonchev–Trinajstić information content (AvgIpc) is 2.91. The van der Waals surface area contributed by atoms with E-state index in [0.717, 1.165) is 24.4 Å². The molecule has 6 nitrogen and oxygen atoms in total. The third-order valence-electron chi connectivity index (χ3n) is 6.96. The Labute approximate surface area is 227 Å². The number of nitrogens with zero attached hydrogens (tertiary/aromatic N) is 4. The van der Waals surface area contributed by atoms with E-state index in [-0.39, 0.29) is 23.3 Å². The maximum atomic E-state index is 13.2. The van der Waals surface area contributed by atoms with Crippen LogP contribution in [0.15, 0.2) is 36.5 Å². The normalized spacial score (nSPS) is 21.8. The van der Waals surface area contributed by atoms with Crippen molar-refractivity contribution in [1.82, 2.24) is 9.88 Å². The highest BCUT2D eigenvalue weighted by Gasteiger charge is 2.35. The van der Waals surface area contributed by atoms with Crippen molar-refractivity contribution >= 4 is 18.4 Å². The predicted molar refractivity (Wildman–Crippen MR) is 135 cm³/mol. The quantitative estimate of drug-likeness (QED) is 0.335. The van der Waals surface area contributed by atoms with Crippen molar-refractivity contribution in [2.45, 2.75) is 55.6 Å². The number of rotatable bonds is 7. The fourth-order valence-electron chi connectivity index (χ4n) is 4.76. The van der Waals surface area contributed by atoms with Crippen LogP contribution in [0.25, 0.3) is 0 Å². The number of anilines is 1. The topological polar surface area (TPSA) is 61.6 Å².